The summed E-state index contributed by atoms with van der Waals surface area (Å²) in [5.41, 5.74) is 10.3. The molecule has 156 valence electrons. The average molecular weight is 445 g/mol. The molecule has 0 aliphatic heterocycles. The van der Waals surface area contributed by atoms with Crippen molar-refractivity contribution in [2.75, 3.05) is 12.8 Å². The minimum atomic E-state index is -0.362. The van der Waals surface area contributed by atoms with E-state index < -0.39 is 0 Å². The van der Waals surface area contributed by atoms with Gasteiger partial charge < -0.3 is 15.2 Å². The molecule has 0 saturated heterocycles. The van der Waals surface area contributed by atoms with E-state index in [9.17, 15) is 4.79 Å². The number of thiazole rings is 1. The van der Waals surface area contributed by atoms with E-state index in [-0.39, 0.29) is 12.5 Å². The van der Waals surface area contributed by atoms with Crippen LogP contribution in [0.5, 0.6) is 11.5 Å². The van der Waals surface area contributed by atoms with Gasteiger partial charge in [0.15, 0.2) is 16.6 Å². The predicted molar refractivity (Wildman–Crippen MR) is 120 cm³/mol. The number of carbonyl (C=O) groups excluding carboxylic acids is 1. The maximum Gasteiger partial charge on any atom is 0.283 e. The molecule has 0 saturated carbocycles. The lowest BCUT2D eigenvalue weighted by atomic mass is 10.2. The molecule has 0 radical (unpaired) electrons. The minimum absolute atomic E-state index is 0.257. The Labute approximate surface area is 183 Å². The number of para-hydroxylation sites is 1. The van der Waals surface area contributed by atoms with Crippen LogP contribution in [-0.4, -0.2) is 24.2 Å². The molecule has 1 amide bonds. The highest BCUT2D eigenvalue weighted by Crippen LogP contribution is 2.31. The first-order valence-electron chi connectivity index (χ1n) is 9.15. The zero-order valence-corrected chi connectivity index (χ0v) is 18.1. The Balaban J connectivity index is 1.76. The maximum atomic E-state index is 12.4. The number of hydrazone groups is 1. The van der Waals surface area contributed by atoms with E-state index >= 15 is 0 Å². The van der Waals surface area contributed by atoms with Gasteiger partial charge in [0.05, 0.1) is 19.0 Å². The molecule has 0 atom stereocenters. The Bertz CT molecular complexity index is 1070. The van der Waals surface area contributed by atoms with Crippen molar-refractivity contribution in [2.24, 2.45) is 5.10 Å². The smallest absolute Gasteiger partial charge is 0.283 e. The molecule has 1 aromatic heterocycles. The standard InChI is InChI=1S/C21H21ClN4O3S/c1-3-16-19(30-21(23)25-16)20(27)26-24-11-13-8-6-10-17(28-2)18(13)29-12-14-7-4-5-9-15(14)22/h4-11H,3,12H2,1-2H3,(H2,23,25)(H,26,27). The quantitative estimate of drug-likeness (QED) is 0.398. The molecule has 3 N–H and O–H groups in total. The van der Waals surface area contributed by atoms with Gasteiger partial charge in [-0.25, -0.2) is 10.4 Å². The second kappa shape index (κ2) is 10.1. The number of nitrogens with zero attached hydrogens (tertiary/aromatic N) is 2. The van der Waals surface area contributed by atoms with E-state index in [0.29, 0.717) is 44.2 Å². The average Bonchev–Trinajstić information content (AvgIpc) is 3.14. The van der Waals surface area contributed by atoms with Crippen LogP contribution in [0.4, 0.5) is 5.13 Å². The van der Waals surface area contributed by atoms with Crippen LogP contribution in [0, 0.1) is 0 Å². The van der Waals surface area contributed by atoms with Gasteiger partial charge >= 0.3 is 0 Å². The molecule has 0 spiro atoms. The van der Waals surface area contributed by atoms with Crippen molar-refractivity contribution < 1.29 is 14.3 Å². The van der Waals surface area contributed by atoms with Crippen molar-refractivity contribution in [3.63, 3.8) is 0 Å². The van der Waals surface area contributed by atoms with E-state index in [2.05, 4.69) is 15.5 Å². The van der Waals surface area contributed by atoms with Crippen molar-refractivity contribution in [2.45, 2.75) is 20.0 Å². The number of ether oxygens (including phenoxy) is 2. The fourth-order valence-electron chi connectivity index (χ4n) is 2.71. The number of rotatable bonds is 8. The van der Waals surface area contributed by atoms with Gasteiger partial charge in [0, 0.05) is 16.1 Å². The molecule has 0 aliphatic carbocycles. The number of anilines is 1. The molecule has 0 unspecified atom stereocenters. The van der Waals surface area contributed by atoms with Crippen molar-refractivity contribution in [3.05, 3.63) is 69.2 Å². The number of aromatic nitrogens is 1. The molecule has 0 bridgehead atoms. The lowest BCUT2D eigenvalue weighted by Crippen LogP contribution is -2.18. The second-order valence-electron chi connectivity index (χ2n) is 6.14. The topological polar surface area (TPSA) is 98.8 Å². The Morgan fingerprint density at radius 1 is 1.30 bits per heavy atom. The lowest BCUT2D eigenvalue weighted by Gasteiger charge is -2.13. The third-order valence-corrected chi connectivity index (χ3v) is 5.48. The first-order chi connectivity index (χ1) is 14.5. The Morgan fingerprint density at radius 3 is 2.83 bits per heavy atom. The zero-order valence-electron chi connectivity index (χ0n) is 16.5. The number of benzene rings is 2. The molecule has 7 nitrogen and oxygen atoms in total. The van der Waals surface area contributed by atoms with Gasteiger partial charge in [0.1, 0.15) is 11.5 Å². The van der Waals surface area contributed by atoms with Gasteiger partial charge in [-0.15, -0.1) is 0 Å². The number of methoxy groups -OCH3 is 1. The highest BCUT2D eigenvalue weighted by molar-refractivity contribution is 7.17. The molecular formula is C21H21ClN4O3S. The number of aryl methyl sites for hydroxylation is 1. The van der Waals surface area contributed by atoms with Gasteiger partial charge in [0.25, 0.3) is 5.91 Å². The Kier molecular flexibility index (Phi) is 7.26. The summed E-state index contributed by atoms with van der Waals surface area (Å²) in [5.74, 6) is 0.675. The fourth-order valence-corrected chi connectivity index (χ4v) is 3.71. The van der Waals surface area contributed by atoms with E-state index in [1.807, 2.05) is 37.3 Å². The number of nitrogen functional groups attached to an aromatic ring is 1. The molecule has 9 heteroatoms. The molecule has 3 rings (SSSR count). The van der Waals surface area contributed by atoms with Crippen molar-refractivity contribution in [1.29, 1.82) is 0 Å². The summed E-state index contributed by atoms with van der Waals surface area (Å²) in [7, 11) is 1.56. The zero-order chi connectivity index (χ0) is 21.5. The van der Waals surface area contributed by atoms with E-state index in [1.165, 1.54) is 6.21 Å². The van der Waals surface area contributed by atoms with Gasteiger partial charge in [-0.2, -0.15) is 5.10 Å². The van der Waals surface area contributed by atoms with Crippen LogP contribution in [0.25, 0.3) is 0 Å². The summed E-state index contributed by atoms with van der Waals surface area (Å²) in [6, 6.07) is 12.8. The molecule has 3 aromatic rings. The van der Waals surface area contributed by atoms with Gasteiger partial charge in [-0.3, -0.25) is 4.79 Å². The fraction of sp³-hybridized carbons (Fsp3) is 0.190. The Morgan fingerprint density at radius 2 is 2.10 bits per heavy atom. The maximum absolute atomic E-state index is 12.4. The molecule has 30 heavy (non-hydrogen) atoms. The summed E-state index contributed by atoms with van der Waals surface area (Å²) in [5, 5.41) is 5.03. The SMILES string of the molecule is CCc1nc(N)sc1C(=O)NN=Cc1cccc(OC)c1OCc1ccccc1Cl. The summed E-state index contributed by atoms with van der Waals surface area (Å²) in [6.45, 7) is 2.17. The molecule has 0 aliphatic rings. The third kappa shape index (κ3) is 5.08. The van der Waals surface area contributed by atoms with Crippen LogP contribution in [0.2, 0.25) is 5.02 Å². The van der Waals surface area contributed by atoms with Crippen molar-refractivity contribution >= 4 is 40.2 Å². The normalized spacial score (nSPS) is 10.9. The second-order valence-corrected chi connectivity index (χ2v) is 7.58. The van der Waals surface area contributed by atoms with Crippen LogP contribution < -0.4 is 20.6 Å². The molecule has 0 fully saturated rings. The number of nitrogens with one attached hydrogen (secondary N) is 1. The number of hydrogen-bond donors (Lipinski definition) is 2. The first-order valence-corrected chi connectivity index (χ1v) is 10.3. The summed E-state index contributed by atoms with van der Waals surface area (Å²) >= 11 is 7.34. The van der Waals surface area contributed by atoms with Gasteiger partial charge in [-0.05, 0) is 24.6 Å². The minimum Gasteiger partial charge on any atom is -0.493 e. The molecule has 2 aromatic carbocycles. The number of nitrogens with two attached hydrogens (primary N) is 1. The van der Waals surface area contributed by atoms with Crippen LogP contribution in [0.15, 0.2) is 47.6 Å². The van der Waals surface area contributed by atoms with Crippen LogP contribution in [0.3, 0.4) is 0 Å². The molecular weight excluding hydrogens is 424 g/mol. The van der Waals surface area contributed by atoms with Gasteiger partial charge in [-0.1, -0.05) is 54.1 Å². The van der Waals surface area contributed by atoms with E-state index in [4.69, 9.17) is 26.8 Å². The van der Waals surface area contributed by atoms with E-state index in [1.54, 1.807) is 19.2 Å². The number of carbonyl (C=O) groups is 1. The number of hydrogen-bond acceptors (Lipinski definition) is 7. The predicted octanol–water partition coefficient (Wildman–Crippen LogP) is 4.29. The molecule has 1 heterocycles. The van der Waals surface area contributed by atoms with Crippen molar-refractivity contribution in [1.82, 2.24) is 10.4 Å². The summed E-state index contributed by atoms with van der Waals surface area (Å²) in [4.78, 5) is 17.0. The lowest BCUT2D eigenvalue weighted by molar-refractivity contribution is 0.0958. The van der Waals surface area contributed by atoms with Crippen molar-refractivity contribution in [3.8, 4) is 11.5 Å². The van der Waals surface area contributed by atoms with Crippen LogP contribution in [0.1, 0.15) is 33.4 Å². The third-order valence-electron chi connectivity index (χ3n) is 4.18. The number of halogens is 1. The largest absolute Gasteiger partial charge is 0.493 e. The highest BCUT2D eigenvalue weighted by atomic mass is 35.5. The first kappa shape index (κ1) is 21.6. The van der Waals surface area contributed by atoms with Gasteiger partial charge in [0.2, 0.25) is 0 Å². The van der Waals surface area contributed by atoms with Crippen LogP contribution in [-0.2, 0) is 13.0 Å². The highest BCUT2D eigenvalue weighted by Gasteiger charge is 2.16. The summed E-state index contributed by atoms with van der Waals surface area (Å²) in [6.07, 6.45) is 2.11. The van der Waals surface area contributed by atoms with E-state index in [0.717, 1.165) is 16.9 Å². The summed E-state index contributed by atoms with van der Waals surface area (Å²) < 4.78 is 11.4. The van der Waals surface area contributed by atoms with Crippen LogP contribution >= 0.6 is 22.9 Å². The number of amides is 1. The monoisotopic (exact) mass is 444 g/mol. The Hall–Kier alpha value is -3.10.